The predicted octanol–water partition coefficient (Wildman–Crippen LogP) is 2.59. The van der Waals surface area contributed by atoms with Crippen LogP contribution in [-0.2, 0) is 13.0 Å². The first-order chi connectivity index (χ1) is 8.75. The third kappa shape index (κ3) is 1.91. The molecule has 0 fully saturated rings. The zero-order valence-electron chi connectivity index (χ0n) is 9.82. The number of aromatic nitrogens is 1. The molecule has 2 aromatic rings. The summed E-state index contributed by atoms with van der Waals surface area (Å²) in [7, 11) is 0. The SMILES string of the molecule is O=c1[nH]cc2c(c1Cl)N(Cc1ccccc1)CC2. The van der Waals surface area contributed by atoms with Gasteiger partial charge in [0.05, 0.1) is 5.69 Å². The quantitative estimate of drug-likeness (QED) is 0.901. The molecule has 1 aromatic carbocycles. The van der Waals surface area contributed by atoms with Gasteiger partial charge in [0.1, 0.15) is 5.02 Å². The minimum atomic E-state index is -0.213. The summed E-state index contributed by atoms with van der Waals surface area (Å²) >= 11 is 6.11. The number of nitrogens with one attached hydrogen (secondary N) is 1. The number of aromatic amines is 1. The molecule has 18 heavy (non-hydrogen) atoms. The van der Waals surface area contributed by atoms with Crippen LogP contribution >= 0.6 is 11.6 Å². The van der Waals surface area contributed by atoms with Crippen LogP contribution in [0.1, 0.15) is 11.1 Å². The third-order valence-corrected chi connectivity index (χ3v) is 3.62. The fourth-order valence-electron chi connectivity index (χ4n) is 2.39. The maximum absolute atomic E-state index is 11.6. The maximum Gasteiger partial charge on any atom is 0.268 e. The monoisotopic (exact) mass is 260 g/mol. The number of benzene rings is 1. The highest BCUT2D eigenvalue weighted by atomic mass is 35.5. The van der Waals surface area contributed by atoms with Gasteiger partial charge in [-0.2, -0.15) is 0 Å². The van der Waals surface area contributed by atoms with Crippen LogP contribution in [0.4, 0.5) is 5.69 Å². The fraction of sp³-hybridized carbons (Fsp3) is 0.214. The molecular weight excluding hydrogens is 248 g/mol. The van der Waals surface area contributed by atoms with Crippen molar-refractivity contribution < 1.29 is 0 Å². The Hall–Kier alpha value is -1.74. The van der Waals surface area contributed by atoms with E-state index in [9.17, 15) is 4.79 Å². The van der Waals surface area contributed by atoms with Crippen molar-refractivity contribution in [3.8, 4) is 0 Å². The minimum absolute atomic E-state index is 0.213. The summed E-state index contributed by atoms with van der Waals surface area (Å²) in [6.07, 6.45) is 2.70. The molecule has 0 atom stereocenters. The van der Waals surface area contributed by atoms with Gasteiger partial charge in [0.25, 0.3) is 5.56 Å². The summed E-state index contributed by atoms with van der Waals surface area (Å²) in [6.45, 7) is 1.69. The molecule has 2 heterocycles. The van der Waals surface area contributed by atoms with Gasteiger partial charge in [0.15, 0.2) is 0 Å². The first-order valence-corrected chi connectivity index (χ1v) is 6.32. The topological polar surface area (TPSA) is 36.1 Å². The lowest BCUT2D eigenvalue weighted by Gasteiger charge is -2.20. The molecule has 0 radical (unpaired) electrons. The summed E-state index contributed by atoms with van der Waals surface area (Å²) < 4.78 is 0. The number of halogens is 1. The van der Waals surface area contributed by atoms with E-state index in [-0.39, 0.29) is 5.56 Å². The fourth-order valence-corrected chi connectivity index (χ4v) is 2.69. The highest BCUT2D eigenvalue weighted by Crippen LogP contribution is 2.33. The largest absolute Gasteiger partial charge is 0.365 e. The average molecular weight is 261 g/mol. The molecule has 4 heteroatoms. The number of rotatable bonds is 2. The molecule has 1 aromatic heterocycles. The Morgan fingerprint density at radius 1 is 1.28 bits per heavy atom. The summed E-state index contributed by atoms with van der Waals surface area (Å²) in [6, 6.07) is 10.2. The molecule has 0 spiro atoms. The van der Waals surface area contributed by atoms with E-state index in [1.54, 1.807) is 6.20 Å². The van der Waals surface area contributed by atoms with Crippen LogP contribution < -0.4 is 10.5 Å². The molecule has 3 rings (SSSR count). The van der Waals surface area contributed by atoms with Gasteiger partial charge in [0, 0.05) is 19.3 Å². The second kappa shape index (κ2) is 4.50. The standard InChI is InChI=1S/C14H13ClN2O/c15-12-13-11(8-16-14(12)18)6-7-17(13)9-10-4-2-1-3-5-10/h1-5,8H,6-7,9H2,(H,16,18). The molecule has 0 bridgehead atoms. The Bertz CT molecular complexity index is 621. The van der Waals surface area contributed by atoms with Crippen LogP contribution in [-0.4, -0.2) is 11.5 Å². The van der Waals surface area contributed by atoms with Gasteiger partial charge in [0.2, 0.25) is 0 Å². The van der Waals surface area contributed by atoms with E-state index in [1.807, 2.05) is 18.2 Å². The molecule has 92 valence electrons. The van der Waals surface area contributed by atoms with Gasteiger partial charge in [-0.15, -0.1) is 0 Å². The van der Waals surface area contributed by atoms with Crippen molar-refractivity contribution in [1.82, 2.24) is 4.98 Å². The number of hydrogen-bond donors (Lipinski definition) is 1. The Labute approximate surface area is 110 Å². The van der Waals surface area contributed by atoms with E-state index in [2.05, 4.69) is 22.0 Å². The van der Waals surface area contributed by atoms with Crippen LogP contribution in [0.3, 0.4) is 0 Å². The van der Waals surface area contributed by atoms with Crippen molar-refractivity contribution in [2.24, 2.45) is 0 Å². The summed E-state index contributed by atoms with van der Waals surface area (Å²) in [5, 5.41) is 0.306. The molecule has 0 unspecified atom stereocenters. The molecule has 0 aliphatic carbocycles. The van der Waals surface area contributed by atoms with Crippen LogP contribution in [0.25, 0.3) is 0 Å². The van der Waals surface area contributed by atoms with E-state index in [0.717, 1.165) is 30.8 Å². The van der Waals surface area contributed by atoms with Gasteiger partial charge < -0.3 is 9.88 Å². The van der Waals surface area contributed by atoms with Crippen molar-refractivity contribution in [1.29, 1.82) is 0 Å². The lowest BCUT2D eigenvalue weighted by Crippen LogP contribution is -2.21. The molecule has 1 aliphatic heterocycles. The van der Waals surface area contributed by atoms with Gasteiger partial charge in [-0.25, -0.2) is 0 Å². The van der Waals surface area contributed by atoms with Gasteiger partial charge >= 0.3 is 0 Å². The number of fused-ring (bicyclic) bond motifs is 1. The maximum atomic E-state index is 11.6. The van der Waals surface area contributed by atoms with Crippen LogP contribution in [0.5, 0.6) is 0 Å². The summed E-state index contributed by atoms with van der Waals surface area (Å²) in [5.74, 6) is 0. The van der Waals surface area contributed by atoms with Crippen molar-refractivity contribution in [2.45, 2.75) is 13.0 Å². The van der Waals surface area contributed by atoms with E-state index < -0.39 is 0 Å². The number of nitrogens with zero attached hydrogens (tertiary/aromatic N) is 1. The van der Waals surface area contributed by atoms with E-state index in [0.29, 0.717) is 5.02 Å². The number of pyridine rings is 1. The molecule has 0 amide bonds. The molecule has 3 nitrogen and oxygen atoms in total. The highest BCUT2D eigenvalue weighted by molar-refractivity contribution is 6.33. The van der Waals surface area contributed by atoms with Crippen LogP contribution in [0.15, 0.2) is 41.3 Å². The normalized spacial score (nSPS) is 13.7. The third-order valence-electron chi connectivity index (χ3n) is 3.27. The van der Waals surface area contributed by atoms with E-state index in [1.165, 1.54) is 5.56 Å². The van der Waals surface area contributed by atoms with Crippen molar-refractivity contribution >= 4 is 17.3 Å². The first kappa shape index (κ1) is 11.4. The van der Waals surface area contributed by atoms with Gasteiger partial charge in [-0.05, 0) is 17.5 Å². The first-order valence-electron chi connectivity index (χ1n) is 5.94. The van der Waals surface area contributed by atoms with Crippen LogP contribution in [0.2, 0.25) is 5.02 Å². The lowest BCUT2D eigenvalue weighted by atomic mass is 10.2. The number of anilines is 1. The summed E-state index contributed by atoms with van der Waals surface area (Å²) in [4.78, 5) is 16.4. The average Bonchev–Trinajstić information content (AvgIpc) is 2.79. The van der Waals surface area contributed by atoms with E-state index in [4.69, 9.17) is 11.6 Å². The number of H-pyrrole nitrogens is 1. The summed E-state index contributed by atoms with van der Waals surface area (Å²) in [5.41, 5.74) is 3.02. The molecule has 1 N–H and O–H groups in total. The van der Waals surface area contributed by atoms with Crippen molar-refractivity contribution in [3.05, 3.63) is 63.0 Å². The molecule has 0 saturated heterocycles. The number of hydrogen-bond acceptors (Lipinski definition) is 2. The minimum Gasteiger partial charge on any atom is -0.365 e. The Morgan fingerprint density at radius 2 is 2.06 bits per heavy atom. The van der Waals surface area contributed by atoms with Crippen molar-refractivity contribution in [3.63, 3.8) is 0 Å². The molecule has 0 saturated carbocycles. The second-order valence-corrected chi connectivity index (χ2v) is 4.84. The smallest absolute Gasteiger partial charge is 0.268 e. The van der Waals surface area contributed by atoms with E-state index >= 15 is 0 Å². The Balaban J connectivity index is 1.95. The van der Waals surface area contributed by atoms with Gasteiger partial charge in [-0.3, -0.25) is 4.79 Å². The van der Waals surface area contributed by atoms with Gasteiger partial charge in [-0.1, -0.05) is 41.9 Å². The predicted molar refractivity (Wildman–Crippen MR) is 73.3 cm³/mol. The Kier molecular flexibility index (Phi) is 2.84. The second-order valence-electron chi connectivity index (χ2n) is 4.46. The zero-order valence-corrected chi connectivity index (χ0v) is 10.6. The van der Waals surface area contributed by atoms with Crippen LogP contribution in [0, 0.1) is 0 Å². The van der Waals surface area contributed by atoms with Crippen molar-refractivity contribution in [2.75, 3.05) is 11.4 Å². The highest BCUT2D eigenvalue weighted by Gasteiger charge is 2.23. The zero-order chi connectivity index (χ0) is 12.5. The lowest BCUT2D eigenvalue weighted by molar-refractivity contribution is 0.836. The molecule has 1 aliphatic rings. The Morgan fingerprint density at radius 3 is 2.83 bits per heavy atom. The molecular formula is C14H13ClN2O.